The molecule has 0 saturated heterocycles. The van der Waals surface area contributed by atoms with E-state index >= 15 is 0 Å². The molecule has 0 spiro atoms. The molecule has 0 aliphatic heterocycles. The highest BCUT2D eigenvalue weighted by atomic mass is 16.5. The summed E-state index contributed by atoms with van der Waals surface area (Å²) in [7, 11) is 1.59. The van der Waals surface area contributed by atoms with Crippen LogP contribution in [-0.4, -0.2) is 63.6 Å². The van der Waals surface area contributed by atoms with E-state index in [9.17, 15) is 9.59 Å². The van der Waals surface area contributed by atoms with Crippen molar-refractivity contribution in [1.29, 1.82) is 0 Å². The number of H-pyrrole nitrogens is 1. The van der Waals surface area contributed by atoms with Gasteiger partial charge in [-0.15, -0.1) is 10.2 Å². The first-order valence-corrected chi connectivity index (χ1v) is 12.4. The number of methoxy groups -OCH3 is 1. The number of carbonyl (C=O) groups excluding carboxylic acids is 2. The summed E-state index contributed by atoms with van der Waals surface area (Å²) in [5, 5.41) is 17.3. The van der Waals surface area contributed by atoms with Crippen LogP contribution in [-0.2, 0) is 20.9 Å². The second-order valence-corrected chi connectivity index (χ2v) is 9.08. The summed E-state index contributed by atoms with van der Waals surface area (Å²) in [6.07, 6.45) is 2.12. The molecule has 0 fully saturated rings. The third-order valence-corrected chi connectivity index (χ3v) is 6.04. The van der Waals surface area contributed by atoms with E-state index in [-0.39, 0.29) is 17.7 Å². The van der Waals surface area contributed by atoms with E-state index in [1.54, 1.807) is 12.0 Å². The van der Waals surface area contributed by atoms with Gasteiger partial charge in [-0.3, -0.25) is 9.59 Å². The van der Waals surface area contributed by atoms with Crippen molar-refractivity contribution < 1.29 is 14.3 Å². The first kappa shape index (κ1) is 27.0. The average molecular weight is 493 g/mol. The number of hydrogen-bond acceptors (Lipinski definition) is 6. The van der Waals surface area contributed by atoms with Crippen LogP contribution in [0.1, 0.15) is 45.6 Å². The van der Waals surface area contributed by atoms with Crippen molar-refractivity contribution in [3.05, 3.63) is 54.1 Å². The second kappa shape index (κ2) is 13.5. The predicted octanol–water partition coefficient (Wildman–Crippen LogP) is 3.84. The molecule has 9 heteroatoms. The molecule has 1 heterocycles. The maximum atomic E-state index is 13.2. The van der Waals surface area contributed by atoms with E-state index in [2.05, 4.69) is 32.9 Å². The largest absolute Gasteiger partial charge is 0.383 e. The molecule has 2 N–H and O–H groups in total. The number of rotatable bonds is 13. The van der Waals surface area contributed by atoms with Gasteiger partial charge in [0, 0.05) is 32.2 Å². The summed E-state index contributed by atoms with van der Waals surface area (Å²) in [4.78, 5) is 28.1. The third-order valence-electron chi connectivity index (χ3n) is 6.04. The minimum absolute atomic E-state index is 0.0102. The molecule has 3 aromatic rings. The lowest BCUT2D eigenvalue weighted by atomic mass is 9.97. The molecule has 1 aromatic heterocycles. The number of unbranched alkanes of at least 4 members (excludes halogenated alkanes) is 1. The molecule has 9 nitrogen and oxygen atoms in total. The number of amides is 2. The Kier molecular flexibility index (Phi) is 10.1. The van der Waals surface area contributed by atoms with E-state index in [1.807, 2.05) is 62.4 Å². The summed E-state index contributed by atoms with van der Waals surface area (Å²) in [6, 6.07) is 15.4. The van der Waals surface area contributed by atoms with Gasteiger partial charge in [-0.2, -0.15) is 5.21 Å². The van der Waals surface area contributed by atoms with Crippen molar-refractivity contribution in [2.75, 3.05) is 20.3 Å². The zero-order valence-corrected chi connectivity index (χ0v) is 21.5. The van der Waals surface area contributed by atoms with E-state index < -0.39 is 6.04 Å². The average Bonchev–Trinajstić information content (AvgIpc) is 3.42. The number of carbonyl (C=O) groups is 2. The van der Waals surface area contributed by atoms with Crippen LogP contribution in [0.4, 0.5) is 0 Å². The van der Waals surface area contributed by atoms with Gasteiger partial charge in [0.15, 0.2) is 0 Å². The zero-order valence-electron chi connectivity index (χ0n) is 21.5. The van der Waals surface area contributed by atoms with Gasteiger partial charge in [0.25, 0.3) is 0 Å². The smallest absolute Gasteiger partial charge is 0.243 e. The first-order valence-electron chi connectivity index (χ1n) is 12.4. The Hall–Kier alpha value is -3.59. The Morgan fingerprint density at radius 2 is 1.81 bits per heavy atom. The van der Waals surface area contributed by atoms with E-state index in [0.29, 0.717) is 31.9 Å². The molecule has 0 radical (unpaired) electrons. The number of ether oxygens (including phenoxy) is 1. The summed E-state index contributed by atoms with van der Waals surface area (Å²) in [5.41, 5.74) is 3.82. The van der Waals surface area contributed by atoms with Crippen molar-refractivity contribution >= 4 is 11.8 Å². The molecule has 1 atom stereocenters. The molecular formula is C27H36N6O3. The maximum Gasteiger partial charge on any atom is 0.243 e. The lowest BCUT2D eigenvalue weighted by molar-refractivity contribution is -0.143. The van der Waals surface area contributed by atoms with Gasteiger partial charge in [-0.1, -0.05) is 75.7 Å². The normalized spacial score (nSPS) is 11.9. The molecular weight excluding hydrogens is 456 g/mol. The topological polar surface area (TPSA) is 113 Å². The Bertz CT molecular complexity index is 1100. The van der Waals surface area contributed by atoms with Crippen LogP contribution in [0, 0.1) is 5.92 Å². The molecule has 192 valence electrons. The van der Waals surface area contributed by atoms with Crippen LogP contribution in [0.15, 0.2) is 48.5 Å². The van der Waals surface area contributed by atoms with Gasteiger partial charge in [-0.25, -0.2) is 0 Å². The van der Waals surface area contributed by atoms with E-state index in [0.717, 1.165) is 35.1 Å². The maximum absolute atomic E-state index is 13.2. The van der Waals surface area contributed by atoms with Crippen molar-refractivity contribution in [2.24, 2.45) is 5.92 Å². The van der Waals surface area contributed by atoms with Gasteiger partial charge >= 0.3 is 0 Å². The Morgan fingerprint density at radius 1 is 1.08 bits per heavy atom. The summed E-state index contributed by atoms with van der Waals surface area (Å²) in [5.74, 6) is 0.322. The summed E-state index contributed by atoms with van der Waals surface area (Å²) in [6.45, 7) is 7.18. The van der Waals surface area contributed by atoms with Crippen LogP contribution in [0.5, 0.6) is 0 Å². The molecule has 2 aromatic carbocycles. The van der Waals surface area contributed by atoms with Crippen molar-refractivity contribution in [2.45, 2.75) is 52.6 Å². The van der Waals surface area contributed by atoms with Crippen LogP contribution < -0.4 is 5.32 Å². The number of benzene rings is 2. The number of nitrogens with zero attached hydrogens (tertiary/aromatic N) is 4. The Morgan fingerprint density at radius 3 is 2.42 bits per heavy atom. The van der Waals surface area contributed by atoms with Gasteiger partial charge < -0.3 is 15.0 Å². The number of tetrazole rings is 1. The first-order chi connectivity index (χ1) is 17.5. The highest BCUT2D eigenvalue weighted by molar-refractivity contribution is 5.88. The van der Waals surface area contributed by atoms with Crippen LogP contribution >= 0.6 is 0 Å². The summed E-state index contributed by atoms with van der Waals surface area (Å²) >= 11 is 0. The molecule has 0 bridgehead atoms. The number of aromatic nitrogens is 4. The predicted molar refractivity (Wildman–Crippen MR) is 139 cm³/mol. The second-order valence-electron chi connectivity index (χ2n) is 9.08. The van der Waals surface area contributed by atoms with Gasteiger partial charge in [0.1, 0.15) is 6.04 Å². The molecule has 2 amide bonds. The minimum atomic E-state index is -0.565. The van der Waals surface area contributed by atoms with Gasteiger partial charge in [0.2, 0.25) is 17.6 Å². The standard InChI is InChI=1S/C27H36N6O3/c1-5-6-11-24(34)33(25(19(2)3)27(35)28-16-17-36-4)18-20-12-14-21(15-13-20)22-9-7-8-10-23(22)26-29-31-32-30-26/h7-10,12-15,19,25H,5-6,11,16-18H2,1-4H3,(H,28,35)(H,29,30,31,32)/t25-/m0/s1. The van der Waals surface area contributed by atoms with Crippen LogP contribution in [0.25, 0.3) is 22.5 Å². The molecule has 0 aliphatic rings. The monoisotopic (exact) mass is 492 g/mol. The molecule has 3 rings (SSSR count). The van der Waals surface area contributed by atoms with E-state index in [4.69, 9.17) is 4.74 Å². The summed E-state index contributed by atoms with van der Waals surface area (Å²) < 4.78 is 5.06. The Balaban J connectivity index is 1.85. The van der Waals surface area contributed by atoms with Crippen molar-refractivity contribution in [3.63, 3.8) is 0 Å². The lowest BCUT2D eigenvalue weighted by Gasteiger charge is -2.34. The van der Waals surface area contributed by atoms with Gasteiger partial charge in [-0.05, 0) is 34.2 Å². The zero-order chi connectivity index (χ0) is 25.9. The number of hydrogen-bond donors (Lipinski definition) is 2. The fraction of sp³-hybridized carbons (Fsp3) is 0.444. The van der Waals surface area contributed by atoms with Crippen LogP contribution in [0.2, 0.25) is 0 Å². The molecule has 36 heavy (non-hydrogen) atoms. The molecule has 0 unspecified atom stereocenters. The molecule has 0 aliphatic carbocycles. The van der Waals surface area contributed by atoms with E-state index in [1.165, 1.54) is 0 Å². The van der Waals surface area contributed by atoms with Crippen molar-refractivity contribution in [1.82, 2.24) is 30.8 Å². The number of aromatic amines is 1. The quantitative estimate of drug-likeness (QED) is 0.351. The number of nitrogens with one attached hydrogen (secondary N) is 2. The lowest BCUT2D eigenvalue weighted by Crippen LogP contribution is -2.52. The fourth-order valence-electron chi connectivity index (χ4n) is 4.19. The minimum Gasteiger partial charge on any atom is -0.383 e. The fourth-order valence-corrected chi connectivity index (χ4v) is 4.19. The Labute approximate surface area is 212 Å². The highest BCUT2D eigenvalue weighted by Gasteiger charge is 2.32. The van der Waals surface area contributed by atoms with Gasteiger partial charge in [0.05, 0.1) is 6.61 Å². The highest BCUT2D eigenvalue weighted by Crippen LogP contribution is 2.30. The molecule has 0 saturated carbocycles. The van der Waals surface area contributed by atoms with Crippen molar-refractivity contribution in [3.8, 4) is 22.5 Å². The SMILES string of the molecule is CCCCC(=O)N(Cc1ccc(-c2ccccc2-c2nn[nH]n2)cc1)[C@H](C(=O)NCCOC)C(C)C. The third kappa shape index (κ3) is 6.97. The van der Waals surface area contributed by atoms with Crippen LogP contribution in [0.3, 0.4) is 0 Å².